The third-order valence-electron chi connectivity index (χ3n) is 3.06. The highest BCUT2D eigenvalue weighted by Crippen LogP contribution is 2.26. The number of amides is 2. The van der Waals surface area contributed by atoms with Crippen molar-refractivity contribution in [3.63, 3.8) is 0 Å². The maximum atomic E-state index is 12.1. The molecule has 0 aromatic carbocycles. The lowest BCUT2D eigenvalue weighted by Crippen LogP contribution is -2.66. The summed E-state index contributed by atoms with van der Waals surface area (Å²) in [5, 5.41) is 2.84. The number of hydrogen-bond acceptors (Lipinski definition) is 2. The zero-order valence-corrected chi connectivity index (χ0v) is 11.0. The minimum Gasteiger partial charge on any atom is -0.342 e. The lowest BCUT2D eigenvalue weighted by molar-refractivity contribution is -0.152. The Bertz CT molecular complexity index is 305. The second-order valence-corrected chi connectivity index (χ2v) is 5.95. The minimum absolute atomic E-state index is 0.00537. The number of piperazine rings is 1. The summed E-state index contributed by atoms with van der Waals surface area (Å²) in [4.78, 5) is 25.7. The van der Waals surface area contributed by atoms with Gasteiger partial charge in [0.15, 0.2) is 0 Å². The Hall–Kier alpha value is -1.06. The summed E-state index contributed by atoms with van der Waals surface area (Å²) in [5.41, 5.74) is -0.247. The molecule has 2 unspecified atom stereocenters. The molecule has 92 valence electrons. The van der Waals surface area contributed by atoms with Gasteiger partial charge in [0.25, 0.3) is 0 Å². The van der Waals surface area contributed by atoms with E-state index in [0.29, 0.717) is 0 Å². The van der Waals surface area contributed by atoms with E-state index in [1.54, 1.807) is 11.9 Å². The first-order valence-corrected chi connectivity index (χ1v) is 5.73. The molecular weight excluding hydrogens is 204 g/mol. The molecule has 0 aromatic rings. The number of likely N-dealkylation sites (N-methyl/N-ethyl adjacent to an activating group) is 1. The van der Waals surface area contributed by atoms with Gasteiger partial charge in [-0.1, -0.05) is 34.6 Å². The Morgan fingerprint density at radius 1 is 1.25 bits per heavy atom. The molecule has 0 aromatic heterocycles. The summed E-state index contributed by atoms with van der Waals surface area (Å²) < 4.78 is 0. The summed E-state index contributed by atoms with van der Waals surface area (Å²) in [6.07, 6.45) is 0. The van der Waals surface area contributed by atoms with Gasteiger partial charge in [-0.05, 0) is 11.3 Å². The van der Waals surface area contributed by atoms with E-state index in [-0.39, 0.29) is 29.2 Å². The summed E-state index contributed by atoms with van der Waals surface area (Å²) in [6, 6.07) is -0.758. The average Bonchev–Trinajstić information content (AvgIpc) is 2.09. The Morgan fingerprint density at radius 3 is 2.12 bits per heavy atom. The number of rotatable bonds is 1. The molecular formula is C12H22N2O2. The van der Waals surface area contributed by atoms with Crippen LogP contribution >= 0.6 is 0 Å². The van der Waals surface area contributed by atoms with E-state index < -0.39 is 6.04 Å². The van der Waals surface area contributed by atoms with E-state index >= 15 is 0 Å². The maximum Gasteiger partial charge on any atom is 0.246 e. The molecule has 1 rings (SSSR count). The van der Waals surface area contributed by atoms with Gasteiger partial charge in [-0.15, -0.1) is 0 Å². The average molecular weight is 226 g/mol. The van der Waals surface area contributed by atoms with Crippen molar-refractivity contribution in [2.24, 2.45) is 11.3 Å². The van der Waals surface area contributed by atoms with Crippen LogP contribution in [0.3, 0.4) is 0 Å². The molecule has 0 saturated carbocycles. The zero-order valence-electron chi connectivity index (χ0n) is 11.0. The van der Waals surface area contributed by atoms with Crippen molar-refractivity contribution in [3.8, 4) is 0 Å². The fourth-order valence-electron chi connectivity index (χ4n) is 2.14. The Labute approximate surface area is 97.4 Å². The van der Waals surface area contributed by atoms with Crippen LogP contribution in [0.25, 0.3) is 0 Å². The van der Waals surface area contributed by atoms with E-state index in [4.69, 9.17) is 0 Å². The summed E-state index contributed by atoms with van der Waals surface area (Å²) in [7, 11) is 1.71. The van der Waals surface area contributed by atoms with Gasteiger partial charge in [-0.25, -0.2) is 0 Å². The Kier molecular flexibility index (Phi) is 3.31. The highest BCUT2D eigenvalue weighted by atomic mass is 16.2. The van der Waals surface area contributed by atoms with Crippen LogP contribution in [0, 0.1) is 11.3 Å². The fourth-order valence-corrected chi connectivity index (χ4v) is 2.14. The normalized spacial score (nSPS) is 27.3. The van der Waals surface area contributed by atoms with E-state index in [1.807, 2.05) is 34.6 Å². The van der Waals surface area contributed by atoms with Crippen molar-refractivity contribution in [1.29, 1.82) is 0 Å². The van der Waals surface area contributed by atoms with Crippen LogP contribution in [0.4, 0.5) is 0 Å². The van der Waals surface area contributed by atoms with E-state index in [9.17, 15) is 9.59 Å². The molecule has 16 heavy (non-hydrogen) atoms. The molecule has 4 heteroatoms. The number of carbonyl (C=O) groups is 2. The third-order valence-corrected chi connectivity index (χ3v) is 3.06. The van der Waals surface area contributed by atoms with Crippen molar-refractivity contribution in [2.75, 3.05) is 7.05 Å². The number of hydrogen-bond donors (Lipinski definition) is 1. The molecule has 1 aliphatic heterocycles. The van der Waals surface area contributed by atoms with Crippen LogP contribution in [0.5, 0.6) is 0 Å². The molecule has 1 N–H and O–H groups in total. The fraction of sp³-hybridized carbons (Fsp3) is 0.833. The van der Waals surface area contributed by atoms with Gasteiger partial charge >= 0.3 is 0 Å². The summed E-state index contributed by atoms with van der Waals surface area (Å²) >= 11 is 0. The van der Waals surface area contributed by atoms with Gasteiger partial charge in [0.1, 0.15) is 12.1 Å². The third kappa shape index (κ3) is 2.20. The highest BCUT2D eigenvalue weighted by Gasteiger charge is 2.44. The lowest BCUT2D eigenvalue weighted by atomic mass is 9.83. The molecule has 1 saturated heterocycles. The van der Waals surface area contributed by atoms with Crippen LogP contribution < -0.4 is 5.32 Å². The molecule has 2 atom stereocenters. The predicted octanol–water partition coefficient (Wildman–Crippen LogP) is 1.01. The largest absolute Gasteiger partial charge is 0.342 e. The van der Waals surface area contributed by atoms with Crippen LogP contribution in [0.2, 0.25) is 0 Å². The monoisotopic (exact) mass is 226 g/mol. The van der Waals surface area contributed by atoms with Crippen LogP contribution in [0.15, 0.2) is 0 Å². The van der Waals surface area contributed by atoms with Crippen LogP contribution in [-0.2, 0) is 9.59 Å². The minimum atomic E-state index is -0.417. The standard InChI is InChI=1S/C12H22N2O2/c1-7(2)8-10(15)13-9(12(3,4)5)11(16)14(8)6/h7-9H,1-6H3,(H,13,15). The van der Waals surface area contributed by atoms with E-state index in [1.165, 1.54) is 0 Å². The molecule has 1 fully saturated rings. The van der Waals surface area contributed by atoms with E-state index in [0.717, 1.165) is 0 Å². The maximum absolute atomic E-state index is 12.1. The van der Waals surface area contributed by atoms with Crippen molar-refractivity contribution in [2.45, 2.75) is 46.7 Å². The first-order chi connectivity index (χ1) is 7.16. The molecule has 0 spiro atoms. The van der Waals surface area contributed by atoms with Gasteiger partial charge in [-0.3, -0.25) is 9.59 Å². The summed E-state index contributed by atoms with van der Waals surface area (Å²) in [6.45, 7) is 9.77. The zero-order chi connectivity index (χ0) is 12.7. The number of nitrogens with one attached hydrogen (secondary N) is 1. The highest BCUT2D eigenvalue weighted by molar-refractivity contribution is 5.97. The van der Waals surface area contributed by atoms with Crippen molar-refractivity contribution in [1.82, 2.24) is 10.2 Å². The van der Waals surface area contributed by atoms with Gasteiger partial charge in [0.2, 0.25) is 11.8 Å². The molecule has 0 radical (unpaired) electrons. The molecule has 2 amide bonds. The molecule has 4 nitrogen and oxygen atoms in total. The molecule has 1 heterocycles. The smallest absolute Gasteiger partial charge is 0.246 e. The number of nitrogens with zero attached hydrogens (tertiary/aromatic N) is 1. The van der Waals surface area contributed by atoms with Gasteiger partial charge in [-0.2, -0.15) is 0 Å². The molecule has 1 aliphatic rings. The predicted molar refractivity (Wildman–Crippen MR) is 62.8 cm³/mol. The first-order valence-electron chi connectivity index (χ1n) is 5.73. The van der Waals surface area contributed by atoms with Gasteiger partial charge in [0, 0.05) is 7.05 Å². The first kappa shape index (κ1) is 13.0. The van der Waals surface area contributed by atoms with Crippen LogP contribution in [-0.4, -0.2) is 35.8 Å². The van der Waals surface area contributed by atoms with Crippen molar-refractivity contribution >= 4 is 11.8 Å². The van der Waals surface area contributed by atoms with Gasteiger partial charge < -0.3 is 10.2 Å². The summed E-state index contributed by atoms with van der Waals surface area (Å²) in [5.74, 6) is 0.0951. The molecule has 0 aliphatic carbocycles. The quantitative estimate of drug-likeness (QED) is 0.725. The SMILES string of the molecule is CC(C)C1C(=O)NC(C(C)(C)C)C(=O)N1C. The Balaban J connectivity index is 2.97. The second kappa shape index (κ2) is 4.07. The van der Waals surface area contributed by atoms with Crippen molar-refractivity contribution < 1.29 is 9.59 Å². The Morgan fingerprint density at radius 2 is 1.75 bits per heavy atom. The van der Waals surface area contributed by atoms with Crippen molar-refractivity contribution in [3.05, 3.63) is 0 Å². The van der Waals surface area contributed by atoms with E-state index in [2.05, 4.69) is 5.32 Å². The second-order valence-electron chi connectivity index (χ2n) is 5.95. The molecule has 0 bridgehead atoms. The van der Waals surface area contributed by atoms with Crippen LogP contribution in [0.1, 0.15) is 34.6 Å². The number of carbonyl (C=O) groups excluding carboxylic acids is 2. The van der Waals surface area contributed by atoms with Gasteiger partial charge in [0.05, 0.1) is 0 Å². The lowest BCUT2D eigenvalue weighted by Gasteiger charge is -2.42. The topological polar surface area (TPSA) is 49.4 Å².